The molecule has 1 aromatic heterocycles. The maximum atomic E-state index is 12.5. The number of carbonyl (C=O) groups excluding carboxylic acids is 1. The van der Waals surface area contributed by atoms with E-state index in [2.05, 4.69) is 15.6 Å². The molecule has 2 N–H and O–H groups in total. The van der Waals surface area contributed by atoms with Crippen molar-refractivity contribution in [1.29, 1.82) is 0 Å². The Balaban J connectivity index is 1.51. The molecule has 1 saturated carbocycles. The van der Waals surface area contributed by atoms with Gasteiger partial charge in [0.05, 0.1) is 18.4 Å². The molecule has 27 heavy (non-hydrogen) atoms. The lowest BCUT2D eigenvalue weighted by atomic mass is 10.1. The number of hydrogen-bond donors (Lipinski definition) is 2. The fraction of sp³-hybridized carbons (Fsp3) is 0.455. The van der Waals surface area contributed by atoms with Crippen LogP contribution in [0.25, 0.3) is 0 Å². The van der Waals surface area contributed by atoms with E-state index in [-0.39, 0.29) is 5.91 Å². The molecule has 144 valence electrons. The van der Waals surface area contributed by atoms with Crippen molar-refractivity contribution in [3.05, 3.63) is 53.9 Å². The van der Waals surface area contributed by atoms with Gasteiger partial charge in [-0.15, -0.1) is 0 Å². The highest BCUT2D eigenvalue weighted by atomic mass is 16.5. The minimum Gasteiger partial charge on any atom is -0.497 e. The second-order valence-corrected chi connectivity index (χ2v) is 7.15. The molecule has 1 aromatic carbocycles. The molecule has 1 amide bonds. The van der Waals surface area contributed by atoms with Crippen LogP contribution in [-0.2, 0) is 6.42 Å². The molecule has 5 nitrogen and oxygen atoms in total. The Morgan fingerprint density at radius 1 is 1.15 bits per heavy atom. The van der Waals surface area contributed by atoms with E-state index in [1.165, 1.54) is 38.5 Å². The van der Waals surface area contributed by atoms with Crippen LogP contribution in [0.15, 0.2) is 42.7 Å². The number of benzene rings is 1. The first kappa shape index (κ1) is 19.2. The number of methoxy groups -OCH3 is 1. The highest BCUT2D eigenvalue weighted by Crippen LogP contribution is 2.21. The Hall–Kier alpha value is -2.56. The predicted molar refractivity (Wildman–Crippen MR) is 108 cm³/mol. The van der Waals surface area contributed by atoms with Gasteiger partial charge in [-0.3, -0.25) is 9.78 Å². The predicted octanol–water partition coefficient (Wildman–Crippen LogP) is 4.20. The third-order valence-electron chi connectivity index (χ3n) is 5.06. The van der Waals surface area contributed by atoms with Gasteiger partial charge in [0.15, 0.2) is 0 Å². The number of rotatable bonds is 7. The normalized spacial score (nSPS) is 15.0. The summed E-state index contributed by atoms with van der Waals surface area (Å²) in [5.41, 5.74) is 2.66. The molecule has 1 fully saturated rings. The molecule has 0 unspecified atom stereocenters. The highest BCUT2D eigenvalue weighted by molar-refractivity contribution is 5.94. The van der Waals surface area contributed by atoms with Crippen molar-refractivity contribution in [3.63, 3.8) is 0 Å². The van der Waals surface area contributed by atoms with E-state index in [1.807, 2.05) is 30.3 Å². The van der Waals surface area contributed by atoms with Gasteiger partial charge < -0.3 is 15.4 Å². The van der Waals surface area contributed by atoms with E-state index in [1.54, 1.807) is 19.5 Å². The summed E-state index contributed by atoms with van der Waals surface area (Å²) in [5, 5.41) is 6.53. The molecule has 0 radical (unpaired) electrons. The molecule has 2 aromatic rings. The van der Waals surface area contributed by atoms with Crippen LogP contribution in [0.4, 0.5) is 5.69 Å². The molecule has 1 heterocycles. The molecule has 0 atom stereocenters. The number of pyridine rings is 1. The monoisotopic (exact) mass is 367 g/mol. The van der Waals surface area contributed by atoms with Gasteiger partial charge in [0.1, 0.15) is 5.75 Å². The zero-order chi connectivity index (χ0) is 18.9. The standard InChI is InChI=1S/C22H29N3O2/c1-27-21-10-6-7-17(13-21)11-12-24-22(26)18-14-20(16-23-15-18)25-19-8-4-2-3-5-9-19/h6-7,10,13-16,19,25H,2-5,8-9,11-12H2,1H3,(H,24,26). The second-order valence-electron chi connectivity index (χ2n) is 7.15. The summed E-state index contributed by atoms with van der Waals surface area (Å²) >= 11 is 0. The van der Waals surface area contributed by atoms with Crippen LogP contribution >= 0.6 is 0 Å². The van der Waals surface area contributed by atoms with Crippen molar-refractivity contribution >= 4 is 11.6 Å². The summed E-state index contributed by atoms with van der Waals surface area (Å²) in [4.78, 5) is 16.7. The molecule has 3 rings (SSSR count). The summed E-state index contributed by atoms with van der Waals surface area (Å²) in [5.74, 6) is 0.746. The first-order valence-corrected chi connectivity index (χ1v) is 9.87. The Bertz CT molecular complexity index is 740. The van der Waals surface area contributed by atoms with E-state index in [9.17, 15) is 4.79 Å². The van der Waals surface area contributed by atoms with Crippen LogP contribution < -0.4 is 15.4 Å². The van der Waals surface area contributed by atoms with E-state index in [0.29, 0.717) is 18.2 Å². The molecule has 0 aliphatic heterocycles. The van der Waals surface area contributed by atoms with Crippen LogP contribution in [-0.4, -0.2) is 30.6 Å². The summed E-state index contributed by atoms with van der Waals surface area (Å²) in [7, 11) is 1.66. The van der Waals surface area contributed by atoms with Crippen LogP contribution in [0.5, 0.6) is 5.75 Å². The number of anilines is 1. The van der Waals surface area contributed by atoms with Crippen LogP contribution in [0.3, 0.4) is 0 Å². The van der Waals surface area contributed by atoms with Gasteiger partial charge in [-0.05, 0) is 43.0 Å². The average molecular weight is 367 g/mol. The largest absolute Gasteiger partial charge is 0.497 e. The summed E-state index contributed by atoms with van der Waals surface area (Å²) in [6, 6.07) is 10.3. The SMILES string of the molecule is COc1cccc(CCNC(=O)c2cncc(NC3CCCCCC3)c2)c1. The number of nitrogens with zero attached hydrogens (tertiary/aromatic N) is 1. The molecular formula is C22H29N3O2. The molecular weight excluding hydrogens is 338 g/mol. The molecule has 5 heteroatoms. The number of aromatic nitrogens is 1. The van der Waals surface area contributed by atoms with Gasteiger partial charge in [0, 0.05) is 25.0 Å². The van der Waals surface area contributed by atoms with Gasteiger partial charge in [0.25, 0.3) is 5.91 Å². The molecule has 1 aliphatic carbocycles. The Morgan fingerprint density at radius 2 is 1.96 bits per heavy atom. The van der Waals surface area contributed by atoms with Crippen LogP contribution in [0.2, 0.25) is 0 Å². The number of ether oxygens (including phenoxy) is 1. The summed E-state index contributed by atoms with van der Waals surface area (Å²) in [6.45, 7) is 0.576. The minimum atomic E-state index is -0.0880. The van der Waals surface area contributed by atoms with E-state index >= 15 is 0 Å². The van der Waals surface area contributed by atoms with Gasteiger partial charge in [-0.2, -0.15) is 0 Å². The smallest absolute Gasteiger partial charge is 0.252 e. The molecule has 1 aliphatic rings. The maximum Gasteiger partial charge on any atom is 0.252 e. The zero-order valence-electron chi connectivity index (χ0n) is 16.0. The number of nitrogens with one attached hydrogen (secondary N) is 2. The molecule has 0 bridgehead atoms. The third-order valence-corrected chi connectivity index (χ3v) is 5.06. The fourth-order valence-electron chi connectivity index (χ4n) is 3.55. The van der Waals surface area contributed by atoms with Gasteiger partial charge >= 0.3 is 0 Å². The lowest BCUT2D eigenvalue weighted by molar-refractivity contribution is 0.0954. The minimum absolute atomic E-state index is 0.0880. The van der Waals surface area contributed by atoms with Gasteiger partial charge in [-0.1, -0.05) is 37.8 Å². The Labute approximate surface area is 161 Å². The fourth-order valence-corrected chi connectivity index (χ4v) is 3.55. The lowest BCUT2D eigenvalue weighted by Gasteiger charge is -2.17. The lowest BCUT2D eigenvalue weighted by Crippen LogP contribution is -2.26. The van der Waals surface area contributed by atoms with Gasteiger partial charge in [-0.25, -0.2) is 0 Å². The van der Waals surface area contributed by atoms with Crippen molar-refractivity contribution in [2.24, 2.45) is 0 Å². The van der Waals surface area contributed by atoms with Crippen molar-refractivity contribution in [3.8, 4) is 5.75 Å². The Kier molecular flexibility index (Phi) is 7.08. The quantitative estimate of drug-likeness (QED) is 0.720. The summed E-state index contributed by atoms with van der Waals surface area (Å²) < 4.78 is 5.23. The van der Waals surface area contributed by atoms with E-state index < -0.39 is 0 Å². The van der Waals surface area contributed by atoms with Crippen molar-refractivity contribution < 1.29 is 9.53 Å². The topological polar surface area (TPSA) is 63.2 Å². The molecule has 0 saturated heterocycles. The maximum absolute atomic E-state index is 12.5. The van der Waals surface area contributed by atoms with Crippen LogP contribution in [0, 0.1) is 0 Å². The first-order valence-electron chi connectivity index (χ1n) is 9.87. The first-order chi connectivity index (χ1) is 13.2. The van der Waals surface area contributed by atoms with E-state index in [0.717, 1.165) is 23.4 Å². The van der Waals surface area contributed by atoms with E-state index in [4.69, 9.17) is 4.74 Å². The zero-order valence-corrected chi connectivity index (χ0v) is 16.0. The second kappa shape index (κ2) is 9.95. The molecule has 0 spiro atoms. The summed E-state index contributed by atoms with van der Waals surface area (Å²) in [6.07, 6.45) is 11.8. The number of amides is 1. The average Bonchev–Trinajstić information content (AvgIpc) is 2.97. The van der Waals surface area contributed by atoms with Crippen molar-refractivity contribution in [2.45, 2.75) is 51.0 Å². The Morgan fingerprint density at radius 3 is 2.74 bits per heavy atom. The van der Waals surface area contributed by atoms with Crippen molar-refractivity contribution in [1.82, 2.24) is 10.3 Å². The van der Waals surface area contributed by atoms with Gasteiger partial charge in [0.2, 0.25) is 0 Å². The van der Waals surface area contributed by atoms with Crippen LogP contribution in [0.1, 0.15) is 54.4 Å². The van der Waals surface area contributed by atoms with Crippen molar-refractivity contribution in [2.75, 3.05) is 19.0 Å². The number of hydrogen-bond acceptors (Lipinski definition) is 4. The number of carbonyl (C=O) groups is 1. The third kappa shape index (κ3) is 5.98. The highest BCUT2D eigenvalue weighted by Gasteiger charge is 2.13.